The van der Waals surface area contributed by atoms with E-state index in [4.69, 9.17) is 4.74 Å². The van der Waals surface area contributed by atoms with Crippen LogP contribution in [0.2, 0.25) is 0 Å². The second kappa shape index (κ2) is 9.50. The molecule has 0 aliphatic heterocycles. The summed E-state index contributed by atoms with van der Waals surface area (Å²) in [6, 6.07) is 6.83. The zero-order chi connectivity index (χ0) is 15.7. The van der Waals surface area contributed by atoms with E-state index in [0.29, 0.717) is 13.2 Å². The Bertz CT molecular complexity index is 433. The van der Waals surface area contributed by atoms with Gasteiger partial charge in [0.05, 0.1) is 6.61 Å². The van der Waals surface area contributed by atoms with E-state index in [9.17, 15) is 9.90 Å². The third kappa shape index (κ3) is 5.83. The second-order valence-corrected chi connectivity index (χ2v) is 4.93. The third-order valence-corrected chi connectivity index (χ3v) is 3.51. The van der Waals surface area contributed by atoms with Crippen molar-refractivity contribution in [3.05, 3.63) is 35.4 Å². The van der Waals surface area contributed by atoms with Crippen LogP contribution < -0.4 is 5.32 Å². The highest BCUT2D eigenvalue weighted by Gasteiger charge is 2.19. The van der Waals surface area contributed by atoms with Crippen LogP contribution in [0.1, 0.15) is 31.0 Å². The molecular weight excluding hydrogens is 268 g/mol. The number of nitrogens with zero attached hydrogens (tertiary/aromatic N) is 1. The predicted molar refractivity (Wildman–Crippen MR) is 83.3 cm³/mol. The Morgan fingerprint density at radius 3 is 2.67 bits per heavy atom. The zero-order valence-electron chi connectivity index (χ0n) is 13.1. The molecule has 1 aromatic carbocycles. The molecule has 118 valence electrons. The minimum Gasteiger partial charge on any atom is -0.480 e. The monoisotopic (exact) mass is 294 g/mol. The average molecular weight is 294 g/mol. The van der Waals surface area contributed by atoms with Crippen LogP contribution >= 0.6 is 0 Å². The molecule has 0 spiro atoms. The number of carbonyl (C=O) groups is 1. The van der Waals surface area contributed by atoms with Gasteiger partial charge < -0.3 is 14.7 Å². The summed E-state index contributed by atoms with van der Waals surface area (Å²) < 4.78 is 5.09. The lowest BCUT2D eigenvalue weighted by atomic mass is 10.0. The second-order valence-electron chi connectivity index (χ2n) is 4.93. The highest BCUT2D eigenvalue weighted by Crippen LogP contribution is 2.15. The molecule has 0 saturated carbocycles. The molecule has 0 aliphatic carbocycles. The van der Waals surface area contributed by atoms with Crippen molar-refractivity contribution in [1.29, 1.82) is 0 Å². The van der Waals surface area contributed by atoms with Gasteiger partial charge in [-0.2, -0.15) is 0 Å². The van der Waals surface area contributed by atoms with E-state index < -0.39 is 12.0 Å². The molecule has 0 saturated heterocycles. The van der Waals surface area contributed by atoms with Crippen molar-refractivity contribution < 1.29 is 14.6 Å². The summed E-state index contributed by atoms with van der Waals surface area (Å²) in [6.45, 7) is 8.12. The van der Waals surface area contributed by atoms with Gasteiger partial charge in [0, 0.05) is 20.2 Å². The zero-order valence-corrected chi connectivity index (χ0v) is 13.1. The van der Waals surface area contributed by atoms with E-state index in [-0.39, 0.29) is 0 Å². The SMILES string of the molecule is CCN(CC)CCNC(C(=O)O)c1cccc(COC)c1. The van der Waals surface area contributed by atoms with Crippen molar-refractivity contribution in [1.82, 2.24) is 10.2 Å². The van der Waals surface area contributed by atoms with Crippen LogP contribution in [0.3, 0.4) is 0 Å². The molecule has 5 nitrogen and oxygen atoms in total. The fraction of sp³-hybridized carbons (Fsp3) is 0.562. The number of hydrogen-bond acceptors (Lipinski definition) is 4. The minimum absolute atomic E-state index is 0.486. The lowest BCUT2D eigenvalue weighted by molar-refractivity contribution is -0.139. The quantitative estimate of drug-likeness (QED) is 0.690. The fourth-order valence-corrected chi connectivity index (χ4v) is 2.28. The number of methoxy groups -OCH3 is 1. The van der Waals surface area contributed by atoms with Crippen molar-refractivity contribution in [2.75, 3.05) is 33.3 Å². The van der Waals surface area contributed by atoms with Crippen LogP contribution in [-0.2, 0) is 16.1 Å². The maximum atomic E-state index is 11.5. The van der Waals surface area contributed by atoms with E-state index in [0.717, 1.165) is 30.8 Å². The van der Waals surface area contributed by atoms with Gasteiger partial charge in [-0.25, -0.2) is 0 Å². The number of carboxylic acid groups (broad SMARTS) is 1. The van der Waals surface area contributed by atoms with Gasteiger partial charge in [0.2, 0.25) is 0 Å². The average Bonchev–Trinajstić information content (AvgIpc) is 2.48. The van der Waals surface area contributed by atoms with Crippen LogP contribution in [0.25, 0.3) is 0 Å². The Morgan fingerprint density at radius 2 is 2.10 bits per heavy atom. The van der Waals surface area contributed by atoms with Gasteiger partial charge in [-0.3, -0.25) is 10.1 Å². The summed E-state index contributed by atoms with van der Waals surface area (Å²) in [5, 5.41) is 12.5. The summed E-state index contributed by atoms with van der Waals surface area (Å²) in [6.07, 6.45) is 0. The van der Waals surface area contributed by atoms with E-state index >= 15 is 0 Å². The van der Waals surface area contributed by atoms with E-state index in [2.05, 4.69) is 24.1 Å². The van der Waals surface area contributed by atoms with E-state index in [1.54, 1.807) is 7.11 Å². The summed E-state index contributed by atoms with van der Waals surface area (Å²) in [4.78, 5) is 13.7. The largest absolute Gasteiger partial charge is 0.480 e. The van der Waals surface area contributed by atoms with Gasteiger partial charge in [-0.15, -0.1) is 0 Å². The molecule has 0 bridgehead atoms. The van der Waals surface area contributed by atoms with Crippen molar-refractivity contribution >= 4 is 5.97 Å². The molecular formula is C16H26N2O3. The Kier molecular flexibility index (Phi) is 7.97. The maximum Gasteiger partial charge on any atom is 0.325 e. The molecule has 0 amide bonds. The summed E-state index contributed by atoms with van der Waals surface area (Å²) in [5.41, 5.74) is 1.74. The number of aliphatic carboxylic acids is 1. The molecule has 0 radical (unpaired) electrons. The number of likely N-dealkylation sites (N-methyl/N-ethyl adjacent to an activating group) is 1. The normalized spacial score (nSPS) is 12.6. The standard InChI is InChI=1S/C16H26N2O3/c1-4-18(5-2)10-9-17-15(16(19)20)14-8-6-7-13(11-14)12-21-3/h6-8,11,15,17H,4-5,9-10,12H2,1-3H3,(H,19,20). The lowest BCUT2D eigenvalue weighted by Crippen LogP contribution is -2.36. The number of hydrogen-bond donors (Lipinski definition) is 2. The molecule has 0 heterocycles. The van der Waals surface area contributed by atoms with Gasteiger partial charge in [0.1, 0.15) is 6.04 Å². The molecule has 1 rings (SSSR count). The number of carboxylic acids is 1. The molecule has 1 aromatic rings. The Morgan fingerprint density at radius 1 is 1.38 bits per heavy atom. The summed E-state index contributed by atoms with van der Waals surface area (Å²) in [7, 11) is 1.63. The molecule has 1 atom stereocenters. The molecule has 2 N–H and O–H groups in total. The first-order chi connectivity index (χ1) is 10.1. The molecule has 0 aliphatic rings. The Labute approximate surface area is 126 Å². The van der Waals surface area contributed by atoms with Crippen LogP contribution in [0.5, 0.6) is 0 Å². The fourth-order valence-electron chi connectivity index (χ4n) is 2.28. The summed E-state index contributed by atoms with van der Waals surface area (Å²) in [5.74, 6) is -0.857. The van der Waals surface area contributed by atoms with Crippen LogP contribution in [0.4, 0.5) is 0 Å². The first-order valence-corrected chi connectivity index (χ1v) is 7.38. The van der Waals surface area contributed by atoms with Crippen molar-refractivity contribution in [2.45, 2.75) is 26.5 Å². The lowest BCUT2D eigenvalue weighted by Gasteiger charge is -2.21. The number of benzene rings is 1. The number of rotatable bonds is 10. The summed E-state index contributed by atoms with van der Waals surface area (Å²) >= 11 is 0. The molecule has 5 heteroatoms. The van der Waals surface area contributed by atoms with Gasteiger partial charge >= 0.3 is 5.97 Å². The third-order valence-electron chi connectivity index (χ3n) is 3.51. The first kappa shape index (κ1) is 17.6. The molecule has 1 unspecified atom stereocenters. The number of ether oxygens (including phenoxy) is 1. The minimum atomic E-state index is -0.857. The number of nitrogens with one attached hydrogen (secondary N) is 1. The van der Waals surface area contributed by atoms with Gasteiger partial charge in [-0.1, -0.05) is 38.1 Å². The maximum absolute atomic E-state index is 11.5. The first-order valence-electron chi connectivity index (χ1n) is 7.38. The highest BCUT2D eigenvalue weighted by atomic mass is 16.5. The van der Waals surface area contributed by atoms with Crippen LogP contribution in [-0.4, -0.2) is 49.3 Å². The predicted octanol–water partition coefficient (Wildman–Crippen LogP) is 1.89. The molecule has 21 heavy (non-hydrogen) atoms. The topological polar surface area (TPSA) is 61.8 Å². The smallest absolute Gasteiger partial charge is 0.325 e. The Balaban J connectivity index is 2.68. The molecule has 0 aromatic heterocycles. The van der Waals surface area contributed by atoms with E-state index in [1.807, 2.05) is 24.3 Å². The van der Waals surface area contributed by atoms with Gasteiger partial charge in [0.25, 0.3) is 0 Å². The van der Waals surface area contributed by atoms with Gasteiger partial charge in [0.15, 0.2) is 0 Å². The highest BCUT2D eigenvalue weighted by molar-refractivity contribution is 5.75. The van der Waals surface area contributed by atoms with Crippen LogP contribution in [0.15, 0.2) is 24.3 Å². The van der Waals surface area contributed by atoms with Gasteiger partial charge in [-0.05, 0) is 24.2 Å². The van der Waals surface area contributed by atoms with Crippen molar-refractivity contribution in [3.8, 4) is 0 Å². The van der Waals surface area contributed by atoms with Crippen molar-refractivity contribution in [2.24, 2.45) is 0 Å². The molecule has 0 fully saturated rings. The van der Waals surface area contributed by atoms with E-state index in [1.165, 1.54) is 0 Å². The Hall–Kier alpha value is -1.43. The van der Waals surface area contributed by atoms with Crippen LogP contribution in [0, 0.1) is 0 Å². The van der Waals surface area contributed by atoms with Crippen molar-refractivity contribution in [3.63, 3.8) is 0 Å².